The lowest BCUT2D eigenvalue weighted by molar-refractivity contribution is 0.0752. The van der Waals surface area contributed by atoms with Crippen molar-refractivity contribution in [2.24, 2.45) is 5.73 Å². The molecule has 0 atom stereocenters. The molecule has 0 aliphatic carbocycles. The van der Waals surface area contributed by atoms with Crippen LogP contribution in [-0.4, -0.2) is 17.4 Å². The number of nitrogens with zero attached hydrogens (tertiary/aromatic N) is 1. The van der Waals surface area contributed by atoms with Gasteiger partial charge in [-0.05, 0) is 30.7 Å². The van der Waals surface area contributed by atoms with Crippen molar-refractivity contribution in [2.45, 2.75) is 20.0 Å². The first-order valence-electron chi connectivity index (χ1n) is 6.45. The summed E-state index contributed by atoms with van der Waals surface area (Å²) in [6, 6.07) is 9.18. The molecule has 0 bridgehead atoms. The SMILES string of the molecule is CCN(Cc1cccc(Cl)c1)C(=O)c1coc(CN)c1. The van der Waals surface area contributed by atoms with Crippen LogP contribution in [0.5, 0.6) is 0 Å². The van der Waals surface area contributed by atoms with Crippen LogP contribution in [0.3, 0.4) is 0 Å². The third-order valence-electron chi connectivity index (χ3n) is 3.03. The minimum Gasteiger partial charge on any atom is -0.467 e. The maximum absolute atomic E-state index is 12.4. The number of furan rings is 1. The van der Waals surface area contributed by atoms with E-state index in [4.69, 9.17) is 21.8 Å². The fourth-order valence-corrected chi connectivity index (χ4v) is 2.18. The van der Waals surface area contributed by atoms with Gasteiger partial charge in [-0.2, -0.15) is 0 Å². The second-order valence-corrected chi connectivity index (χ2v) is 4.89. The molecule has 1 aromatic heterocycles. The molecule has 106 valence electrons. The quantitative estimate of drug-likeness (QED) is 0.921. The van der Waals surface area contributed by atoms with Gasteiger partial charge in [-0.15, -0.1) is 0 Å². The Kier molecular flexibility index (Phi) is 4.82. The topological polar surface area (TPSA) is 59.5 Å². The van der Waals surface area contributed by atoms with E-state index in [2.05, 4.69) is 0 Å². The van der Waals surface area contributed by atoms with Gasteiger partial charge in [-0.3, -0.25) is 4.79 Å². The molecule has 0 aliphatic heterocycles. The number of hydrogen-bond acceptors (Lipinski definition) is 3. The molecule has 5 heteroatoms. The fraction of sp³-hybridized carbons (Fsp3) is 0.267. The highest BCUT2D eigenvalue weighted by atomic mass is 35.5. The Balaban J connectivity index is 2.13. The molecular formula is C15H17ClN2O2. The predicted octanol–water partition coefficient (Wildman–Crippen LogP) is 3.05. The van der Waals surface area contributed by atoms with E-state index in [0.717, 1.165) is 5.56 Å². The van der Waals surface area contributed by atoms with Crippen LogP contribution in [0.4, 0.5) is 0 Å². The molecule has 1 aromatic carbocycles. The number of amides is 1. The summed E-state index contributed by atoms with van der Waals surface area (Å²) < 4.78 is 5.21. The zero-order valence-electron chi connectivity index (χ0n) is 11.3. The second-order valence-electron chi connectivity index (χ2n) is 4.46. The standard InChI is InChI=1S/C15H17ClN2O2/c1-2-18(9-11-4-3-5-13(16)6-11)15(19)12-7-14(8-17)20-10-12/h3-7,10H,2,8-9,17H2,1H3. The van der Waals surface area contributed by atoms with E-state index in [0.29, 0.717) is 29.4 Å². The lowest BCUT2D eigenvalue weighted by Gasteiger charge is -2.20. The molecule has 0 fully saturated rings. The number of carbonyl (C=O) groups is 1. The van der Waals surface area contributed by atoms with Crippen LogP contribution in [0.1, 0.15) is 28.6 Å². The Morgan fingerprint density at radius 1 is 1.40 bits per heavy atom. The molecule has 2 N–H and O–H groups in total. The Hall–Kier alpha value is -1.78. The number of nitrogens with two attached hydrogens (primary N) is 1. The minimum absolute atomic E-state index is 0.0732. The normalized spacial score (nSPS) is 10.6. The molecule has 0 saturated carbocycles. The highest BCUT2D eigenvalue weighted by Gasteiger charge is 2.17. The van der Waals surface area contributed by atoms with Gasteiger partial charge in [0.2, 0.25) is 0 Å². The van der Waals surface area contributed by atoms with Gasteiger partial charge in [-0.1, -0.05) is 23.7 Å². The largest absolute Gasteiger partial charge is 0.467 e. The first-order chi connectivity index (χ1) is 9.63. The Labute approximate surface area is 123 Å². The van der Waals surface area contributed by atoms with Crippen LogP contribution < -0.4 is 5.73 Å². The fourth-order valence-electron chi connectivity index (χ4n) is 1.97. The van der Waals surface area contributed by atoms with E-state index in [1.165, 1.54) is 6.26 Å². The van der Waals surface area contributed by atoms with Gasteiger partial charge in [0, 0.05) is 18.1 Å². The van der Waals surface area contributed by atoms with Crippen molar-refractivity contribution in [3.63, 3.8) is 0 Å². The number of carbonyl (C=O) groups excluding carboxylic acids is 1. The lowest BCUT2D eigenvalue weighted by Crippen LogP contribution is -2.30. The van der Waals surface area contributed by atoms with E-state index < -0.39 is 0 Å². The molecule has 0 aliphatic rings. The van der Waals surface area contributed by atoms with E-state index in [1.807, 2.05) is 31.2 Å². The van der Waals surface area contributed by atoms with Crippen molar-refractivity contribution in [3.05, 3.63) is 58.5 Å². The Morgan fingerprint density at radius 2 is 2.20 bits per heavy atom. The molecule has 1 amide bonds. The van der Waals surface area contributed by atoms with Crippen LogP contribution in [0, 0.1) is 0 Å². The van der Waals surface area contributed by atoms with Crippen LogP contribution in [0.25, 0.3) is 0 Å². The third kappa shape index (κ3) is 3.40. The molecule has 0 saturated heterocycles. The second kappa shape index (κ2) is 6.59. The summed E-state index contributed by atoms with van der Waals surface area (Å²) in [5.74, 6) is 0.531. The van der Waals surface area contributed by atoms with Crippen molar-refractivity contribution in [3.8, 4) is 0 Å². The molecular weight excluding hydrogens is 276 g/mol. The summed E-state index contributed by atoms with van der Waals surface area (Å²) in [6.45, 7) is 3.34. The summed E-state index contributed by atoms with van der Waals surface area (Å²) in [4.78, 5) is 14.1. The number of rotatable bonds is 5. The van der Waals surface area contributed by atoms with Gasteiger partial charge in [0.15, 0.2) is 0 Å². The smallest absolute Gasteiger partial charge is 0.257 e. The molecule has 0 spiro atoms. The number of halogens is 1. The first kappa shape index (κ1) is 14.6. The number of hydrogen-bond donors (Lipinski definition) is 1. The van der Waals surface area contributed by atoms with Gasteiger partial charge in [0.05, 0.1) is 12.1 Å². The molecule has 0 unspecified atom stereocenters. The maximum Gasteiger partial charge on any atom is 0.257 e. The van der Waals surface area contributed by atoms with Crippen molar-refractivity contribution in [1.82, 2.24) is 4.90 Å². The maximum atomic E-state index is 12.4. The highest BCUT2D eigenvalue weighted by Crippen LogP contribution is 2.15. The highest BCUT2D eigenvalue weighted by molar-refractivity contribution is 6.30. The van der Waals surface area contributed by atoms with Crippen molar-refractivity contribution in [2.75, 3.05) is 6.54 Å². The van der Waals surface area contributed by atoms with Gasteiger partial charge in [-0.25, -0.2) is 0 Å². The zero-order valence-corrected chi connectivity index (χ0v) is 12.1. The lowest BCUT2D eigenvalue weighted by atomic mass is 10.2. The molecule has 2 aromatic rings. The van der Waals surface area contributed by atoms with E-state index in [1.54, 1.807) is 11.0 Å². The summed E-state index contributed by atoms with van der Waals surface area (Å²) >= 11 is 5.96. The average Bonchev–Trinajstić information content (AvgIpc) is 2.93. The van der Waals surface area contributed by atoms with Gasteiger partial charge in [0.25, 0.3) is 5.91 Å². The molecule has 4 nitrogen and oxygen atoms in total. The van der Waals surface area contributed by atoms with Gasteiger partial charge in [0.1, 0.15) is 12.0 Å². The monoisotopic (exact) mass is 292 g/mol. The molecule has 2 rings (SSSR count). The van der Waals surface area contributed by atoms with Crippen LogP contribution in [0.2, 0.25) is 5.02 Å². The van der Waals surface area contributed by atoms with Crippen molar-refractivity contribution < 1.29 is 9.21 Å². The molecule has 0 radical (unpaired) electrons. The number of benzene rings is 1. The Bertz CT molecular complexity index is 595. The molecule has 20 heavy (non-hydrogen) atoms. The summed E-state index contributed by atoms with van der Waals surface area (Å²) in [7, 11) is 0. The minimum atomic E-state index is -0.0732. The van der Waals surface area contributed by atoms with Crippen molar-refractivity contribution >= 4 is 17.5 Å². The zero-order chi connectivity index (χ0) is 14.5. The van der Waals surface area contributed by atoms with E-state index >= 15 is 0 Å². The summed E-state index contributed by atoms with van der Waals surface area (Å²) in [5.41, 5.74) is 7.00. The Morgan fingerprint density at radius 3 is 2.80 bits per heavy atom. The van der Waals surface area contributed by atoms with Crippen molar-refractivity contribution in [1.29, 1.82) is 0 Å². The van der Waals surface area contributed by atoms with Gasteiger partial charge >= 0.3 is 0 Å². The van der Waals surface area contributed by atoms with Crippen LogP contribution >= 0.6 is 11.6 Å². The first-order valence-corrected chi connectivity index (χ1v) is 6.83. The summed E-state index contributed by atoms with van der Waals surface area (Å²) in [5, 5.41) is 0.666. The van der Waals surface area contributed by atoms with Crippen LogP contribution in [0.15, 0.2) is 41.0 Å². The third-order valence-corrected chi connectivity index (χ3v) is 3.27. The van der Waals surface area contributed by atoms with Gasteiger partial charge < -0.3 is 15.1 Å². The average molecular weight is 293 g/mol. The summed E-state index contributed by atoms with van der Waals surface area (Å²) in [6.07, 6.45) is 1.45. The van der Waals surface area contributed by atoms with Crippen LogP contribution in [-0.2, 0) is 13.1 Å². The molecule has 1 heterocycles. The van der Waals surface area contributed by atoms with E-state index in [-0.39, 0.29) is 12.5 Å². The predicted molar refractivity (Wildman–Crippen MR) is 78.5 cm³/mol. The van der Waals surface area contributed by atoms with E-state index in [9.17, 15) is 4.79 Å².